The van der Waals surface area contributed by atoms with Crippen molar-refractivity contribution in [2.45, 2.75) is 37.5 Å². The molecule has 0 saturated carbocycles. The van der Waals surface area contributed by atoms with E-state index in [4.69, 9.17) is 5.73 Å². The van der Waals surface area contributed by atoms with Gasteiger partial charge in [0.25, 0.3) is 0 Å². The second-order valence-corrected chi connectivity index (χ2v) is 8.51. The fourth-order valence-electron chi connectivity index (χ4n) is 2.53. The van der Waals surface area contributed by atoms with Crippen molar-refractivity contribution >= 4 is 45.5 Å². The Kier molecular flexibility index (Phi) is 9.25. The highest BCUT2D eigenvalue weighted by Crippen LogP contribution is 2.20. The summed E-state index contributed by atoms with van der Waals surface area (Å²) in [5.41, 5.74) is 9.18. The minimum atomic E-state index is -3.16. The molecule has 2 aromatic rings. The smallest absolute Gasteiger partial charge is 0.193 e. The number of anilines is 1. The van der Waals surface area contributed by atoms with Crippen LogP contribution in [-0.4, -0.2) is 27.2 Å². The number of hydrogen-bond donors (Lipinski definition) is 2. The van der Waals surface area contributed by atoms with Crippen LogP contribution in [-0.2, 0) is 16.3 Å². The van der Waals surface area contributed by atoms with Gasteiger partial charge in [0.2, 0.25) is 0 Å². The number of benzene rings is 2. The van der Waals surface area contributed by atoms with Crippen LogP contribution >= 0.6 is 24.0 Å². The van der Waals surface area contributed by atoms with Crippen molar-refractivity contribution in [2.24, 2.45) is 10.7 Å². The summed E-state index contributed by atoms with van der Waals surface area (Å²) in [6, 6.07) is 15.1. The fourth-order valence-corrected chi connectivity index (χ4v) is 3.16. The average Bonchev–Trinajstić information content (AvgIpc) is 2.61. The lowest BCUT2D eigenvalue weighted by Gasteiger charge is -2.10. The summed E-state index contributed by atoms with van der Waals surface area (Å²) >= 11 is 0. The Morgan fingerprint density at radius 2 is 1.70 bits per heavy atom. The molecule has 0 spiro atoms. The summed E-state index contributed by atoms with van der Waals surface area (Å²) in [4.78, 5) is 4.65. The quantitative estimate of drug-likeness (QED) is 0.339. The topological polar surface area (TPSA) is 84.5 Å². The maximum Gasteiger partial charge on any atom is 0.193 e. The first-order valence-corrected chi connectivity index (χ1v) is 10.6. The van der Waals surface area contributed by atoms with Crippen LogP contribution in [0.2, 0.25) is 0 Å². The van der Waals surface area contributed by atoms with E-state index in [0.717, 1.165) is 17.7 Å². The van der Waals surface area contributed by atoms with Gasteiger partial charge in [0.15, 0.2) is 15.8 Å². The van der Waals surface area contributed by atoms with E-state index in [2.05, 4.69) is 36.3 Å². The second kappa shape index (κ2) is 10.7. The molecule has 7 heteroatoms. The molecule has 1 atom stereocenters. The largest absolute Gasteiger partial charge is 0.370 e. The van der Waals surface area contributed by atoms with Crippen LogP contribution in [0.3, 0.4) is 0 Å². The van der Waals surface area contributed by atoms with Gasteiger partial charge in [-0.2, -0.15) is 0 Å². The lowest BCUT2D eigenvalue weighted by Crippen LogP contribution is -2.23. The fraction of sp³-hybridized carbons (Fsp3) is 0.350. The highest BCUT2D eigenvalue weighted by atomic mass is 127. The number of sulfone groups is 1. The molecule has 0 radical (unpaired) electrons. The zero-order chi connectivity index (χ0) is 19.2. The molecule has 0 aliphatic heterocycles. The summed E-state index contributed by atoms with van der Waals surface area (Å²) in [7, 11) is -3.16. The lowest BCUT2D eigenvalue weighted by atomic mass is 9.99. The molecule has 0 fully saturated rings. The second-order valence-electron chi connectivity index (χ2n) is 6.49. The first kappa shape index (κ1) is 23.4. The molecule has 2 aromatic carbocycles. The van der Waals surface area contributed by atoms with Gasteiger partial charge in [-0.3, -0.25) is 4.99 Å². The molecular formula is C20H28IN3O2S. The van der Waals surface area contributed by atoms with Crippen molar-refractivity contribution in [1.82, 2.24) is 0 Å². The molecule has 0 bridgehead atoms. The van der Waals surface area contributed by atoms with Crippen LogP contribution in [0.25, 0.3) is 0 Å². The minimum absolute atomic E-state index is 0. The molecule has 0 saturated heterocycles. The molecule has 1 unspecified atom stereocenters. The molecule has 0 amide bonds. The number of nitrogens with one attached hydrogen (secondary N) is 1. The van der Waals surface area contributed by atoms with E-state index in [1.807, 2.05) is 24.3 Å². The summed E-state index contributed by atoms with van der Waals surface area (Å²) in [6.07, 6.45) is 3.01. The van der Waals surface area contributed by atoms with Gasteiger partial charge in [0.1, 0.15) is 0 Å². The Hall–Kier alpha value is -1.61. The van der Waals surface area contributed by atoms with Crippen LogP contribution < -0.4 is 11.1 Å². The van der Waals surface area contributed by atoms with Gasteiger partial charge in [0.05, 0.1) is 4.90 Å². The Balaban J connectivity index is 0.00000364. The standard InChI is InChI=1S/C20H27N3O2S.HI/c1-4-15(2)17-7-9-18(10-8-17)23-20(21)22-14-13-16-5-11-19(12-6-16)26(3,24)25;/h5-12,15H,4,13-14H2,1-3H3,(H3,21,22,23);1H. The van der Waals surface area contributed by atoms with E-state index < -0.39 is 9.84 Å². The third kappa shape index (κ3) is 7.50. The maximum atomic E-state index is 11.4. The summed E-state index contributed by atoms with van der Waals surface area (Å²) in [5, 5.41) is 3.09. The zero-order valence-corrected chi connectivity index (χ0v) is 19.1. The molecule has 148 valence electrons. The van der Waals surface area contributed by atoms with Crippen molar-refractivity contribution in [2.75, 3.05) is 18.1 Å². The maximum absolute atomic E-state index is 11.4. The molecule has 0 aliphatic carbocycles. The van der Waals surface area contributed by atoms with Crippen LogP contribution in [0, 0.1) is 0 Å². The first-order valence-electron chi connectivity index (χ1n) is 8.75. The van der Waals surface area contributed by atoms with Crippen molar-refractivity contribution in [3.63, 3.8) is 0 Å². The van der Waals surface area contributed by atoms with Crippen molar-refractivity contribution in [3.05, 3.63) is 59.7 Å². The molecule has 5 nitrogen and oxygen atoms in total. The Morgan fingerprint density at radius 1 is 1.11 bits per heavy atom. The molecule has 0 heterocycles. The number of nitrogens with two attached hydrogens (primary N) is 1. The van der Waals surface area contributed by atoms with Gasteiger partial charge in [-0.1, -0.05) is 38.1 Å². The Labute approximate surface area is 179 Å². The highest BCUT2D eigenvalue weighted by molar-refractivity contribution is 14.0. The van der Waals surface area contributed by atoms with Gasteiger partial charge < -0.3 is 11.1 Å². The van der Waals surface area contributed by atoms with Gasteiger partial charge in [-0.25, -0.2) is 8.42 Å². The zero-order valence-electron chi connectivity index (χ0n) is 16.0. The molecule has 2 rings (SSSR count). The van der Waals surface area contributed by atoms with Gasteiger partial charge >= 0.3 is 0 Å². The Bertz CT molecular complexity index is 848. The number of halogens is 1. The van der Waals surface area contributed by atoms with Gasteiger partial charge in [-0.15, -0.1) is 24.0 Å². The van der Waals surface area contributed by atoms with E-state index in [-0.39, 0.29) is 24.0 Å². The van der Waals surface area contributed by atoms with E-state index in [1.54, 1.807) is 12.1 Å². The minimum Gasteiger partial charge on any atom is -0.370 e. The van der Waals surface area contributed by atoms with E-state index >= 15 is 0 Å². The number of nitrogens with zero attached hydrogens (tertiary/aromatic N) is 1. The van der Waals surface area contributed by atoms with Crippen LogP contribution in [0.15, 0.2) is 58.4 Å². The van der Waals surface area contributed by atoms with Crippen molar-refractivity contribution < 1.29 is 8.42 Å². The van der Waals surface area contributed by atoms with Crippen molar-refractivity contribution in [3.8, 4) is 0 Å². The number of rotatable bonds is 7. The summed E-state index contributed by atoms with van der Waals surface area (Å²) < 4.78 is 22.9. The molecule has 0 aliphatic rings. The molecule has 0 aromatic heterocycles. The van der Waals surface area contributed by atoms with Crippen LogP contribution in [0.1, 0.15) is 37.3 Å². The monoisotopic (exact) mass is 501 g/mol. The third-order valence-electron chi connectivity index (χ3n) is 4.40. The summed E-state index contributed by atoms with van der Waals surface area (Å²) in [6.45, 7) is 4.92. The lowest BCUT2D eigenvalue weighted by molar-refractivity contribution is 0.602. The average molecular weight is 501 g/mol. The Morgan fingerprint density at radius 3 is 2.22 bits per heavy atom. The predicted octanol–water partition coefficient (Wildman–Crippen LogP) is 4.19. The normalized spacial score (nSPS) is 12.9. The number of guanidine groups is 1. The number of hydrogen-bond acceptors (Lipinski definition) is 3. The number of aliphatic imine (C=N–C) groups is 1. The molecule has 3 N–H and O–H groups in total. The first-order chi connectivity index (χ1) is 12.3. The third-order valence-corrected chi connectivity index (χ3v) is 5.53. The van der Waals surface area contributed by atoms with E-state index in [0.29, 0.717) is 29.7 Å². The van der Waals surface area contributed by atoms with Gasteiger partial charge in [0, 0.05) is 18.5 Å². The van der Waals surface area contributed by atoms with Crippen molar-refractivity contribution in [1.29, 1.82) is 0 Å². The molecular weight excluding hydrogens is 473 g/mol. The van der Waals surface area contributed by atoms with Gasteiger partial charge in [-0.05, 0) is 54.2 Å². The van der Waals surface area contributed by atoms with E-state index in [9.17, 15) is 8.42 Å². The predicted molar refractivity (Wildman–Crippen MR) is 124 cm³/mol. The highest BCUT2D eigenvalue weighted by Gasteiger charge is 2.06. The van der Waals surface area contributed by atoms with Crippen LogP contribution in [0.4, 0.5) is 5.69 Å². The SMILES string of the molecule is CCC(C)c1ccc(NC(N)=NCCc2ccc(S(C)(=O)=O)cc2)cc1.I. The molecule has 27 heavy (non-hydrogen) atoms. The van der Waals surface area contributed by atoms with E-state index in [1.165, 1.54) is 11.8 Å². The summed E-state index contributed by atoms with van der Waals surface area (Å²) in [5.74, 6) is 0.915. The van der Waals surface area contributed by atoms with Crippen LogP contribution in [0.5, 0.6) is 0 Å².